The Balaban J connectivity index is 1.95. The van der Waals surface area contributed by atoms with Crippen molar-refractivity contribution in [3.05, 3.63) is 0 Å². The van der Waals surface area contributed by atoms with Gasteiger partial charge in [-0.25, -0.2) is 8.42 Å². The highest BCUT2D eigenvalue weighted by atomic mass is 32.2. The first-order chi connectivity index (χ1) is 8.46. The highest BCUT2D eigenvalue weighted by Gasteiger charge is 2.37. The Labute approximate surface area is 115 Å². The van der Waals surface area contributed by atoms with Crippen molar-refractivity contribution >= 4 is 22.5 Å². The molecule has 6 heteroatoms. The number of rotatable bonds is 4. The second-order valence-electron chi connectivity index (χ2n) is 5.74. The van der Waals surface area contributed by atoms with E-state index >= 15 is 0 Å². The van der Waals surface area contributed by atoms with Gasteiger partial charge in [0.15, 0.2) is 9.84 Å². The number of ether oxygens (including phenoxy) is 1. The maximum atomic E-state index is 11.5. The molecule has 0 aromatic rings. The molecule has 0 aliphatic carbocycles. The van der Waals surface area contributed by atoms with E-state index in [0.29, 0.717) is 11.5 Å². The molecule has 1 unspecified atom stereocenters. The molecule has 2 fully saturated rings. The molecule has 2 rings (SSSR count). The zero-order valence-corrected chi connectivity index (χ0v) is 12.7. The molecule has 106 valence electrons. The van der Waals surface area contributed by atoms with Gasteiger partial charge in [-0.2, -0.15) is 12.6 Å². The van der Waals surface area contributed by atoms with Gasteiger partial charge in [-0.05, 0) is 37.5 Å². The van der Waals surface area contributed by atoms with Crippen molar-refractivity contribution in [3.8, 4) is 0 Å². The van der Waals surface area contributed by atoms with Crippen LogP contribution in [0.5, 0.6) is 0 Å². The van der Waals surface area contributed by atoms with Gasteiger partial charge in [-0.15, -0.1) is 0 Å². The van der Waals surface area contributed by atoms with Gasteiger partial charge in [0.2, 0.25) is 0 Å². The molecule has 0 aromatic carbocycles. The molecule has 0 spiro atoms. The van der Waals surface area contributed by atoms with Crippen LogP contribution in [0.25, 0.3) is 0 Å². The largest absolute Gasteiger partial charge is 0.381 e. The summed E-state index contributed by atoms with van der Waals surface area (Å²) in [5.41, 5.74) is 0.197. The van der Waals surface area contributed by atoms with E-state index < -0.39 is 9.84 Å². The van der Waals surface area contributed by atoms with E-state index in [1.165, 1.54) is 0 Å². The topological polar surface area (TPSA) is 46.6 Å². The van der Waals surface area contributed by atoms with Crippen molar-refractivity contribution in [2.75, 3.05) is 44.1 Å². The Morgan fingerprint density at radius 2 is 2.06 bits per heavy atom. The van der Waals surface area contributed by atoms with Crippen LogP contribution in [-0.2, 0) is 14.6 Å². The van der Waals surface area contributed by atoms with Crippen LogP contribution in [0.2, 0.25) is 0 Å². The van der Waals surface area contributed by atoms with Crippen LogP contribution in [0.1, 0.15) is 19.3 Å². The summed E-state index contributed by atoms with van der Waals surface area (Å²) in [7, 11) is -0.745. The maximum absolute atomic E-state index is 11.5. The van der Waals surface area contributed by atoms with E-state index in [9.17, 15) is 8.42 Å². The van der Waals surface area contributed by atoms with Crippen LogP contribution in [0, 0.1) is 5.41 Å². The lowest BCUT2D eigenvalue weighted by Gasteiger charge is -2.40. The highest BCUT2D eigenvalue weighted by molar-refractivity contribution is 7.91. The predicted octanol–water partition coefficient (Wildman–Crippen LogP) is 0.832. The Bertz CT molecular complexity index is 377. The maximum Gasteiger partial charge on any atom is 0.151 e. The summed E-state index contributed by atoms with van der Waals surface area (Å²) in [5, 5.41) is 0. The summed E-state index contributed by atoms with van der Waals surface area (Å²) in [5.74, 6) is 1.52. The SMILES string of the molecule is CN(CC1(CS)CCOCC1)C1CCS(=O)(=O)C1. The summed E-state index contributed by atoms with van der Waals surface area (Å²) < 4.78 is 28.5. The van der Waals surface area contributed by atoms with Crippen molar-refractivity contribution in [1.82, 2.24) is 4.90 Å². The minimum absolute atomic E-state index is 0.189. The van der Waals surface area contributed by atoms with Crippen LogP contribution in [0.15, 0.2) is 0 Å². The number of sulfone groups is 1. The molecule has 0 N–H and O–H groups in total. The Morgan fingerprint density at radius 3 is 2.56 bits per heavy atom. The number of hydrogen-bond acceptors (Lipinski definition) is 5. The van der Waals surface area contributed by atoms with Crippen LogP contribution in [-0.4, -0.2) is 63.4 Å². The van der Waals surface area contributed by atoms with Gasteiger partial charge in [-0.3, -0.25) is 0 Å². The van der Waals surface area contributed by atoms with Crippen molar-refractivity contribution in [2.45, 2.75) is 25.3 Å². The van der Waals surface area contributed by atoms with Gasteiger partial charge in [0.25, 0.3) is 0 Å². The molecular weight excluding hydrogens is 270 g/mol. The Morgan fingerprint density at radius 1 is 1.39 bits per heavy atom. The van der Waals surface area contributed by atoms with Gasteiger partial charge in [0.1, 0.15) is 0 Å². The molecule has 1 atom stereocenters. The summed E-state index contributed by atoms with van der Waals surface area (Å²) in [4.78, 5) is 2.23. The first kappa shape index (κ1) is 14.6. The van der Waals surface area contributed by atoms with E-state index in [-0.39, 0.29) is 11.5 Å². The van der Waals surface area contributed by atoms with Gasteiger partial charge < -0.3 is 9.64 Å². The van der Waals surface area contributed by atoms with Gasteiger partial charge >= 0.3 is 0 Å². The molecular formula is C12H23NO3S2. The van der Waals surface area contributed by atoms with E-state index in [4.69, 9.17) is 4.74 Å². The minimum atomic E-state index is -2.79. The quantitative estimate of drug-likeness (QED) is 0.780. The molecule has 0 saturated carbocycles. The smallest absolute Gasteiger partial charge is 0.151 e. The van der Waals surface area contributed by atoms with Crippen LogP contribution < -0.4 is 0 Å². The zero-order valence-electron chi connectivity index (χ0n) is 11.0. The monoisotopic (exact) mass is 293 g/mol. The zero-order chi connectivity index (χ0) is 13.2. The van der Waals surface area contributed by atoms with E-state index in [1.807, 2.05) is 7.05 Å². The lowest BCUT2D eigenvalue weighted by atomic mass is 9.81. The third kappa shape index (κ3) is 3.40. The fourth-order valence-corrected chi connectivity index (χ4v) is 5.17. The third-order valence-electron chi connectivity index (χ3n) is 4.31. The second kappa shape index (κ2) is 5.69. The first-order valence-electron chi connectivity index (χ1n) is 6.56. The molecule has 2 aliphatic rings. The average Bonchev–Trinajstić information content (AvgIpc) is 2.71. The van der Waals surface area contributed by atoms with Gasteiger partial charge in [0.05, 0.1) is 11.5 Å². The molecule has 18 heavy (non-hydrogen) atoms. The third-order valence-corrected chi connectivity index (χ3v) is 6.73. The first-order valence-corrected chi connectivity index (χ1v) is 9.01. The van der Waals surface area contributed by atoms with E-state index in [2.05, 4.69) is 17.5 Å². The lowest BCUT2D eigenvalue weighted by molar-refractivity contribution is 0.00692. The normalized spacial score (nSPS) is 30.7. The number of nitrogens with zero attached hydrogens (tertiary/aromatic N) is 1. The van der Waals surface area contributed by atoms with Gasteiger partial charge in [-0.1, -0.05) is 0 Å². The summed E-state index contributed by atoms with van der Waals surface area (Å²) in [6.45, 7) is 2.54. The Hall–Kier alpha value is 0.220. The Kier molecular flexibility index (Phi) is 4.62. The fourth-order valence-electron chi connectivity index (χ4n) is 2.95. The summed E-state index contributed by atoms with van der Waals surface area (Å²) >= 11 is 4.50. The van der Waals surface area contributed by atoms with E-state index in [0.717, 1.165) is 44.8 Å². The fraction of sp³-hybridized carbons (Fsp3) is 1.00. The standard InChI is InChI=1S/C12H23NO3S2/c1-13(11-2-7-18(14,15)8-11)9-12(10-17)3-5-16-6-4-12/h11,17H,2-10H2,1H3. The van der Waals surface area contributed by atoms with Crippen LogP contribution in [0.3, 0.4) is 0 Å². The van der Waals surface area contributed by atoms with Gasteiger partial charge in [0, 0.05) is 25.8 Å². The molecule has 0 amide bonds. The van der Waals surface area contributed by atoms with Crippen molar-refractivity contribution in [3.63, 3.8) is 0 Å². The lowest BCUT2D eigenvalue weighted by Crippen LogP contribution is -2.45. The summed E-state index contributed by atoms with van der Waals surface area (Å²) in [6.07, 6.45) is 2.83. The van der Waals surface area contributed by atoms with E-state index in [1.54, 1.807) is 0 Å². The molecule has 0 aromatic heterocycles. The minimum Gasteiger partial charge on any atom is -0.381 e. The molecule has 2 aliphatic heterocycles. The van der Waals surface area contributed by atoms with Crippen molar-refractivity contribution < 1.29 is 13.2 Å². The van der Waals surface area contributed by atoms with Crippen molar-refractivity contribution in [1.29, 1.82) is 0 Å². The molecule has 0 bridgehead atoms. The molecule has 2 saturated heterocycles. The van der Waals surface area contributed by atoms with Crippen LogP contribution in [0.4, 0.5) is 0 Å². The average molecular weight is 293 g/mol. The molecule has 2 heterocycles. The van der Waals surface area contributed by atoms with Crippen molar-refractivity contribution in [2.24, 2.45) is 5.41 Å². The van der Waals surface area contributed by atoms with Crippen LogP contribution >= 0.6 is 12.6 Å². The summed E-state index contributed by atoms with van der Waals surface area (Å²) in [6, 6.07) is 0.189. The predicted molar refractivity (Wildman–Crippen MR) is 76.0 cm³/mol. The molecule has 4 nitrogen and oxygen atoms in total. The second-order valence-corrected chi connectivity index (χ2v) is 8.29. The number of hydrogen-bond donors (Lipinski definition) is 1. The highest BCUT2D eigenvalue weighted by Crippen LogP contribution is 2.33. The number of thiol groups is 1. The molecule has 0 radical (unpaired) electrons.